The Balaban J connectivity index is 2.20. The van der Waals surface area contributed by atoms with Gasteiger partial charge in [-0.3, -0.25) is 0 Å². The highest BCUT2D eigenvalue weighted by atomic mass is 16.5. The average Bonchev–Trinajstić information content (AvgIpc) is 2.68. The average molecular weight is 333 g/mol. The second-order valence-electron chi connectivity index (χ2n) is 6.04. The lowest BCUT2D eigenvalue weighted by Crippen LogP contribution is -2.27. The number of carbonyl (C=O) groups excluding carboxylic acids is 1. The Labute approximate surface area is 149 Å². The molecule has 0 saturated carbocycles. The number of ether oxygens (including phenoxy) is 1. The largest absolute Gasteiger partial charge is 0.466 e. The molecule has 0 bridgehead atoms. The monoisotopic (exact) mass is 333 g/mol. The third-order valence-electron chi connectivity index (χ3n) is 4.39. The summed E-state index contributed by atoms with van der Waals surface area (Å²) in [7, 11) is 1.45. The highest BCUT2D eigenvalue weighted by Crippen LogP contribution is 2.38. The number of benzene rings is 2. The summed E-state index contributed by atoms with van der Waals surface area (Å²) < 4.78 is 5.16. The Hall–Kier alpha value is -2.81. The highest BCUT2D eigenvalue weighted by Gasteiger charge is 2.31. The van der Waals surface area contributed by atoms with Crippen LogP contribution in [-0.4, -0.2) is 24.5 Å². The minimum Gasteiger partial charge on any atom is -0.466 e. The van der Waals surface area contributed by atoms with Gasteiger partial charge in [-0.25, -0.2) is 4.79 Å². The summed E-state index contributed by atoms with van der Waals surface area (Å²) in [6.45, 7) is 2.99. The van der Waals surface area contributed by atoms with Gasteiger partial charge in [-0.1, -0.05) is 73.7 Å². The number of hydrogen-bond donors (Lipinski definition) is 0. The van der Waals surface area contributed by atoms with Crippen molar-refractivity contribution in [3.63, 3.8) is 0 Å². The number of esters is 1. The minimum absolute atomic E-state index is 0.114. The van der Waals surface area contributed by atoms with Gasteiger partial charge in [0.15, 0.2) is 0 Å². The molecule has 0 amide bonds. The summed E-state index contributed by atoms with van der Waals surface area (Å²) in [4.78, 5) is 14.9. The molecule has 3 rings (SSSR count). The Morgan fingerprint density at radius 2 is 1.68 bits per heavy atom. The van der Waals surface area contributed by atoms with E-state index in [1.807, 2.05) is 48.5 Å². The van der Waals surface area contributed by atoms with E-state index in [1.165, 1.54) is 7.11 Å². The Kier molecular flexibility index (Phi) is 5.34. The zero-order chi connectivity index (χ0) is 17.6. The van der Waals surface area contributed by atoms with Gasteiger partial charge in [0.1, 0.15) is 0 Å². The summed E-state index contributed by atoms with van der Waals surface area (Å²) in [5, 5.41) is 0. The maximum atomic E-state index is 12.7. The van der Waals surface area contributed by atoms with E-state index in [2.05, 4.69) is 36.2 Å². The third kappa shape index (κ3) is 3.50. The molecule has 1 atom stereocenters. The van der Waals surface area contributed by atoms with E-state index in [0.717, 1.165) is 29.8 Å². The molecule has 2 aromatic carbocycles. The van der Waals surface area contributed by atoms with Crippen LogP contribution in [0.4, 0.5) is 0 Å². The first-order valence-corrected chi connectivity index (χ1v) is 8.64. The third-order valence-corrected chi connectivity index (χ3v) is 4.39. The molecule has 3 nitrogen and oxygen atoms in total. The van der Waals surface area contributed by atoms with Crippen LogP contribution in [0.1, 0.15) is 30.4 Å². The highest BCUT2D eigenvalue weighted by molar-refractivity contribution is 6.00. The quantitative estimate of drug-likeness (QED) is 0.749. The van der Waals surface area contributed by atoms with Crippen LogP contribution in [0.3, 0.4) is 0 Å². The molecule has 0 fully saturated rings. The van der Waals surface area contributed by atoms with Gasteiger partial charge < -0.3 is 9.64 Å². The maximum absolute atomic E-state index is 12.7. The molecule has 0 saturated heterocycles. The van der Waals surface area contributed by atoms with Crippen molar-refractivity contribution in [3.05, 3.63) is 89.6 Å². The van der Waals surface area contributed by atoms with E-state index < -0.39 is 0 Å². The van der Waals surface area contributed by atoms with E-state index in [1.54, 1.807) is 0 Å². The Bertz CT molecular complexity index is 778. The first-order chi connectivity index (χ1) is 12.3. The summed E-state index contributed by atoms with van der Waals surface area (Å²) in [6, 6.07) is 20.2. The van der Waals surface area contributed by atoms with Gasteiger partial charge in [0, 0.05) is 18.7 Å². The molecule has 2 aromatic rings. The summed E-state index contributed by atoms with van der Waals surface area (Å²) >= 11 is 0. The van der Waals surface area contributed by atoms with Gasteiger partial charge in [0.2, 0.25) is 0 Å². The van der Waals surface area contributed by atoms with E-state index in [0.29, 0.717) is 5.57 Å². The van der Waals surface area contributed by atoms with E-state index >= 15 is 0 Å². The van der Waals surface area contributed by atoms with Gasteiger partial charge in [-0.15, -0.1) is 0 Å². The molecule has 25 heavy (non-hydrogen) atoms. The van der Waals surface area contributed by atoms with Crippen molar-refractivity contribution in [2.45, 2.75) is 19.3 Å². The standard InChI is InChI=1S/C22H23NO2/c1-3-15-23-16-14-19(17-10-6-4-7-11-17)20(22(24)25-2)21(23)18-12-8-5-9-13-18/h4-14,16,19H,3,15H2,1-2H3. The van der Waals surface area contributed by atoms with Crippen LogP contribution in [0.25, 0.3) is 5.70 Å². The summed E-state index contributed by atoms with van der Waals surface area (Å²) in [5.74, 6) is -0.393. The Morgan fingerprint density at radius 1 is 1.04 bits per heavy atom. The van der Waals surface area contributed by atoms with Crippen LogP contribution >= 0.6 is 0 Å². The van der Waals surface area contributed by atoms with Gasteiger partial charge >= 0.3 is 5.97 Å². The van der Waals surface area contributed by atoms with E-state index in [4.69, 9.17) is 4.74 Å². The topological polar surface area (TPSA) is 29.5 Å². The molecule has 0 aromatic heterocycles. The fourth-order valence-corrected chi connectivity index (χ4v) is 3.28. The molecular formula is C22H23NO2. The van der Waals surface area contributed by atoms with Crippen molar-refractivity contribution < 1.29 is 9.53 Å². The van der Waals surface area contributed by atoms with Crippen LogP contribution in [0.2, 0.25) is 0 Å². The minimum atomic E-state index is -0.279. The lowest BCUT2D eigenvalue weighted by Gasteiger charge is -2.32. The smallest absolute Gasteiger partial charge is 0.336 e. The number of nitrogens with zero attached hydrogens (tertiary/aromatic N) is 1. The molecule has 3 heteroatoms. The van der Waals surface area contributed by atoms with Crippen molar-refractivity contribution >= 4 is 11.7 Å². The van der Waals surface area contributed by atoms with E-state index in [9.17, 15) is 4.79 Å². The van der Waals surface area contributed by atoms with Crippen molar-refractivity contribution in [1.82, 2.24) is 4.90 Å². The van der Waals surface area contributed by atoms with Crippen molar-refractivity contribution in [2.75, 3.05) is 13.7 Å². The molecule has 1 unspecified atom stereocenters. The lowest BCUT2D eigenvalue weighted by atomic mass is 9.85. The predicted molar refractivity (Wildman–Crippen MR) is 101 cm³/mol. The van der Waals surface area contributed by atoms with Crippen LogP contribution in [-0.2, 0) is 9.53 Å². The zero-order valence-electron chi connectivity index (χ0n) is 14.7. The molecule has 0 radical (unpaired) electrons. The maximum Gasteiger partial charge on any atom is 0.336 e. The first-order valence-electron chi connectivity index (χ1n) is 8.64. The number of rotatable bonds is 5. The van der Waals surface area contributed by atoms with Gasteiger partial charge in [0.05, 0.1) is 18.4 Å². The first kappa shape index (κ1) is 17.0. The molecule has 0 spiro atoms. The molecule has 1 aliphatic heterocycles. The van der Waals surface area contributed by atoms with Crippen LogP contribution in [0.15, 0.2) is 78.5 Å². The van der Waals surface area contributed by atoms with Crippen LogP contribution in [0.5, 0.6) is 0 Å². The molecular weight excluding hydrogens is 310 g/mol. The van der Waals surface area contributed by atoms with Gasteiger partial charge in [0.25, 0.3) is 0 Å². The molecule has 0 aliphatic carbocycles. The molecule has 0 N–H and O–H groups in total. The van der Waals surface area contributed by atoms with Gasteiger partial charge in [-0.2, -0.15) is 0 Å². The van der Waals surface area contributed by atoms with Crippen molar-refractivity contribution in [1.29, 1.82) is 0 Å². The van der Waals surface area contributed by atoms with Crippen molar-refractivity contribution in [2.24, 2.45) is 0 Å². The van der Waals surface area contributed by atoms with E-state index in [-0.39, 0.29) is 11.9 Å². The molecule has 1 aliphatic rings. The second kappa shape index (κ2) is 7.84. The number of methoxy groups -OCH3 is 1. The van der Waals surface area contributed by atoms with Crippen LogP contribution in [0, 0.1) is 0 Å². The summed E-state index contributed by atoms with van der Waals surface area (Å²) in [6.07, 6.45) is 5.17. The summed E-state index contributed by atoms with van der Waals surface area (Å²) in [5.41, 5.74) is 3.74. The lowest BCUT2D eigenvalue weighted by molar-refractivity contribution is -0.136. The van der Waals surface area contributed by atoms with Gasteiger partial charge in [-0.05, 0) is 17.5 Å². The van der Waals surface area contributed by atoms with Crippen LogP contribution < -0.4 is 0 Å². The fourth-order valence-electron chi connectivity index (χ4n) is 3.28. The molecule has 1 heterocycles. The zero-order valence-corrected chi connectivity index (χ0v) is 14.7. The number of allylic oxidation sites excluding steroid dienone is 1. The number of carbonyl (C=O) groups is 1. The normalized spacial score (nSPS) is 16.9. The predicted octanol–water partition coefficient (Wildman–Crippen LogP) is 4.59. The second-order valence-corrected chi connectivity index (χ2v) is 6.04. The Morgan fingerprint density at radius 3 is 2.28 bits per heavy atom. The fraction of sp³-hybridized carbons (Fsp3) is 0.227. The van der Waals surface area contributed by atoms with Crippen molar-refractivity contribution in [3.8, 4) is 0 Å². The SMILES string of the molecule is CCCN1C=CC(c2ccccc2)C(C(=O)OC)=C1c1ccccc1. The number of hydrogen-bond acceptors (Lipinski definition) is 3. The molecule has 128 valence electrons.